The second-order valence-electron chi connectivity index (χ2n) is 5.03. The molecule has 0 aromatic heterocycles. The molecular weight excluding hydrogens is 254 g/mol. The van der Waals surface area contributed by atoms with Crippen molar-refractivity contribution in [3.8, 4) is 17.2 Å². The van der Waals surface area contributed by atoms with Gasteiger partial charge in [0.25, 0.3) is 0 Å². The minimum atomic E-state index is 0.176. The van der Waals surface area contributed by atoms with Gasteiger partial charge in [0, 0.05) is 12.1 Å². The van der Waals surface area contributed by atoms with Crippen molar-refractivity contribution in [3.63, 3.8) is 0 Å². The van der Waals surface area contributed by atoms with Gasteiger partial charge in [-0.3, -0.25) is 0 Å². The third-order valence-corrected chi connectivity index (χ3v) is 3.55. The van der Waals surface area contributed by atoms with Gasteiger partial charge in [0.15, 0.2) is 11.5 Å². The van der Waals surface area contributed by atoms with E-state index in [9.17, 15) is 0 Å². The van der Waals surface area contributed by atoms with E-state index in [-0.39, 0.29) is 6.10 Å². The molecule has 4 nitrogen and oxygen atoms in total. The molecular formula is C16H25NO3. The Morgan fingerprint density at radius 3 is 2.70 bits per heavy atom. The molecule has 0 radical (unpaired) electrons. The lowest BCUT2D eigenvalue weighted by Gasteiger charge is -2.27. The third-order valence-electron chi connectivity index (χ3n) is 3.55. The van der Waals surface area contributed by atoms with Crippen LogP contribution in [0.4, 0.5) is 0 Å². The van der Waals surface area contributed by atoms with Gasteiger partial charge in [-0.25, -0.2) is 0 Å². The molecule has 112 valence electrons. The normalized spacial score (nSPS) is 15.9. The quantitative estimate of drug-likeness (QED) is 0.792. The van der Waals surface area contributed by atoms with Crippen LogP contribution in [0.5, 0.6) is 17.2 Å². The molecule has 1 heterocycles. The van der Waals surface area contributed by atoms with E-state index in [0.29, 0.717) is 12.8 Å². The molecule has 2 atom stereocenters. The molecule has 0 fully saturated rings. The summed E-state index contributed by atoms with van der Waals surface area (Å²) in [6.07, 6.45) is 3.43. The van der Waals surface area contributed by atoms with Gasteiger partial charge in [-0.15, -0.1) is 0 Å². The first-order valence-corrected chi connectivity index (χ1v) is 7.58. The molecule has 0 aliphatic carbocycles. The first kappa shape index (κ1) is 15.0. The van der Waals surface area contributed by atoms with Gasteiger partial charge >= 0.3 is 0 Å². The highest BCUT2D eigenvalue weighted by Gasteiger charge is 2.21. The van der Waals surface area contributed by atoms with Crippen LogP contribution in [0.25, 0.3) is 0 Å². The van der Waals surface area contributed by atoms with Crippen molar-refractivity contribution in [1.82, 2.24) is 5.32 Å². The minimum Gasteiger partial charge on any atom is -0.489 e. The highest BCUT2D eigenvalue weighted by molar-refractivity contribution is 5.46. The molecule has 1 aliphatic heterocycles. The van der Waals surface area contributed by atoms with Crippen LogP contribution in [0.3, 0.4) is 0 Å². The van der Waals surface area contributed by atoms with E-state index in [2.05, 4.69) is 26.1 Å². The molecule has 2 rings (SSSR count). The third kappa shape index (κ3) is 3.57. The van der Waals surface area contributed by atoms with Crippen molar-refractivity contribution in [2.24, 2.45) is 0 Å². The Kier molecular flexibility index (Phi) is 5.53. The largest absolute Gasteiger partial charge is 0.489 e. The summed E-state index contributed by atoms with van der Waals surface area (Å²) < 4.78 is 16.9. The van der Waals surface area contributed by atoms with E-state index in [1.165, 1.54) is 0 Å². The number of rotatable bonds is 8. The maximum absolute atomic E-state index is 6.16. The van der Waals surface area contributed by atoms with Crippen LogP contribution in [-0.4, -0.2) is 25.5 Å². The standard InChI is InChI=1S/C16H25NO3/c1-4-7-13(17-6-3)14(5-2)20-12-8-9-15-16(10-12)19-11-18-15/h8-10,13-14,17H,4-7,11H2,1-3H3. The summed E-state index contributed by atoms with van der Waals surface area (Å²) in [6.45, 7) is 7.77. The minimum absolute atomic E-state index is 0.176. The van der Waals surface area contributed by atoms with Crippen LogP contribution in [0.15, 0.2) is 18.2 Å². The molecule has 4 heteroatoms. The zero-order valence-electron chi connectivity index (χ0n) is 12.6. The van der Waals surface area contributed by atoms with E-state index in [1.807, 2.05) is 18.2 Å². The first-order chi connectivity index (χ1) is 9.78. The average Bonchev–Trinajstić information content (AvgIpc) is 2.92. The number of ether oxygens (including phenoxy) is 3. The number of hydrogen-bond donors (Lipinski definition) is 1. The van der Waals surface area contributed by atoms with Gasteiger partial charge in [-0.05, 0) is 31.5 Å². The second-order valence-corrected chi connectivity index (χ2v) is 5.03. The highest BCUT2D eigenvalue weighted by atomic mass is 16.7. The van der Waals surface area contributed by atoms with E-state index in [0.717, 1.165) is 43.1 Å². The van der Waals surface area contributed by atoms with Gasteiger partial charge in [0.05, 0.1) is 0 Å². The Morgan fingerprint density at radius 2 is 2.00 bits per heavy atom. The Balaban J connectivity index is 2.04. The predicted molar refractivity (Wildman–Crippen MR) is 79.6 cm³/mol. The lowest BCUT2D eigenvalue weighted by Crippen LogP contribution is -2.42. The van der Waals surface area contributed by atoms with Crippen molar-refractivity contribution in [2.45, 2.75) is 52.2 Å². The molecule has 0 amide bonds. The predicted octanol–water partition coefficient (Wildman–Crippen LogP) is 3.35. The van der Waals surface area contributed by atoms with Crippen LogP contribution in [0, 0.1) is 0 Å². The molecule has 0 spiro atoms. The van der Waals surface area contributed by atoms with Gasteiger partial charge in [-0.2, -0.15) is 0 Å². The average molecular weight is 279 g/mol. The van der Waals surface area contributed by atoms with Gasteiger partial charge in [0.2, 0.25) is 6.79 Å². The summed E-state index contributed by atoms with van der Waals surface area (Å²) >= 11 is 0. The molecule has 1 aromatic carbocycles. The molecule has 0 bridgehead atoms. The van der Waals surface area contributed by atoms with Crippen molar-refractivity contribution in [1.29, 1.82) is 0 Å². The number of likely N-dealkylation sites (N-methyl/N-ethyl adjacent to an activating group) is 1. The molecule has 1 N–H and O–H groups in total. The fraction of sp³-hybridized carbons (Fsp3) is 0.625. The van der Waals surface area contributed by atoms with E-state index < -0.39 is 0 Å². The van der Waals surface area contributed by atoms with E-state index in [4.69, 9.17) is 14.2 Å². The molecule has 20 heavy (non-hydrogen) atoms. The number of benzene rings is 1. The summed E-state index contributed by atoms with van der Waals surface area (Å²) in [5.74, 6) is 2.41. The Bertz CT molecular complexity index is 416. The lowest BCUT2D eigenvalue weighted by molar-refractivity contribution is 0.143. The van der Waals surface area contributed by atoms with Crippen LogP contribution in [0.1, 0.15) is 40.0 Å². The SMILES string of the molecule is CCCC(NCC)C(CC)Oc1ccc2c(c1)OCO2. The van der Waals surface area contributed by atoms with E-state index in [1.54, 1.807) is 0 Å². The summed E-state index contributed by atoms with van der Waals surface area (Å²) in [7, 11) is 0. The van der Waals surface area contributed by atoms with Crippen LogP contribution < -0.4 is 19.5 Å². The number of hydrogen-bond acceptors (Lipinski definition) is 4. The van der Waals surface area contributed by atoms with Crippen LogP contribution in [-0.2, 0) is 0 Å². The molecule has 1 aromatic rings. The Morgan fingerprint density at radius 1 is 1.20 bits per heavy atom. The number of nitrogens with one attached hydrogen (secondary N) is 1. The lowest BCUT2D eigenvalue weighted by atomic mass is 10.0. The Labute approximate surface area is 121 Å². The fourth-order valence-electron chi connectivity index (χ4n) is 2.57. The highest BCUT2D eigenvalue weighted by Crippen LogP contribution is 2.35. The smallest absolute Gasteiger partial charge is 0.231 e. The van der Waals surface area contributed by atoms with Crippen molar-refractivity contribution in [3.05, 3.63) is 18.2 Å². The maximum atomic E-state index is 6.16. The van der Waals surface area contributed by atoms with Crippen LogP contribution in [0.2, 0.25) is 0 Å². The Hall–Kier alpha value is -1.42. The van der Waals surface area contributed by atoms with Crippen molar-refractivity contribution < 1.29 is 14.2 Å². The van der Waals surface area contributed by atoms with Crippen molar-refractivity contribution >= 4 is 0 Å². The summed E-state index contributed by atoms with van der Waals surface area (Å²) in [4.78, 5) is 0. The van der Waals surface area contributed by atoms with E-state index >= 15 is 0 Å². The number of fused-ring (bicyclic) bond motifs is 1. The maximum Gasteiger partial charge on any atom is 0.231 e. The van der Waals surface area contributed by atoms with Crippen LogP contribution >= 0.6 is 0 Å². The monoisotopic (exact) mass is 279 g/mol. The summed E-state index contributed by atoms with van der Waals surface area (Å²) in [5, 5.41) is 3.53. The zero-order chi connectivity index (χ0) is 14.4. The molecule has 1 aliphatic rings. The van der Waals surface area contributed by atoms with Crippen molar-refractivity contribution in [2.75, 3.05) is 13.3 Å². The summed E-state index contributed by atoms with van der Waals surface area (Å²) in [6, 6.07) is 6.16. The second kappa shape index (κ2) is 7.39. The first-order valence-electron chi connectivity index (χ1n) is 7.58. The summed E-state index contributed by atoms with van der Waals surface area (Å²) in [5.41, 5.74) is 0. The fourth-order valence-corrected chi connectivity index (χ4v) is 2.57. The zero-order valence-corrected chi connectivity index (χ0v) is 12.6. The molecule has 0 saturated heterocycles. The molecule has 2 unspecified atom stereocenters. The molecule has 0 saturated carbocycles. The van der Waals surface area contributed by atoms with Gasteiger partial charge < -0.3 is 19.5 Å². The van der Waals surface area contributed by atoms with Gasteiger partial charge in [-0.1, -0.05) is 27.2 Å². The van der Waals surface area contributed by atoms with Gasteiger partial charge in [0.1, 0.15) is 11.9 Å². The topological polar surface area (TPSA) is 39.7 Å².